The quantitative estimate of drug-likeness (QED) is 0.466. The van der Waals surface area contributed by atoms with Crippen LogP contribution >= 0.6 is 11.6 Å². The fraction of sp³-hybridized carbons (Fsp3) is 0.565. The van der Waals surface area contributed by atoms with E-state index in [1.54, 1.807) is 17.0 Å². The van der Waals surface area contributed by atoms with Crippen molar-refractivity contribution in [2.24, 2.45) is 11.8 Å². The van der Waals surface area contributed by atoms with Gasteiger partial charge in [0.25, 0.3) is 0 Å². The molecular formula is C23H36ClN4O2+. The van der Waals surface area contributed by atoms with E-state index in [9.17, 15) is 9.59 Å². The molecule has 1 aliphatic rings. The lowest BCUT2D eigenvalue weighted by molar-refractivity contribution is -0.906. The van der Waals surface area contributed by atoms with Crippen LogP contribution in [0.1, 0.15) is 46.1 Å². The van der Waals surface area contributed by atoms with Gasteiger partial charge in [0.05, 0.1) is 25.3 Å². The molecule has 0 fully saturated rings. The molecule has 6 nitrogen and oxygen atoms in total. The van der Waals surface area contributed by atoms with Crippen molar-refractivity contribution >= 4 is 29.1 Å². The zero-order valence-electron chi connectivity index (χ0n) is 18.6. The first-order valence-electron chi connectivity index (χ1n) is 10.9. The molecule has 0 spiro atoms. The molecule has 2 amide bonds. The average molecular weight is 436 g/mol. The van der Waals surface area contributed by atoms with Crippen LogP contribution in [0.3, 0.4) is 0 Å². The molecule has 166 valence electrons. The van der Waals surface area contributed by atoms with Crippen LogP contribution in [-0.4, -0.2) is 49.5 Å². The van der Waals surface area contributed by atoms with Crippen LogP contribution in [0.25, 0.3) is 5.70 Å². The van der Waals surface area contributed by atoms with Crippen molar-refractivity contribution < 1.29 is 14.5 Å². The Bertz CT molecular complexity index is 721. The molecule has 1 aromatic carbocycles. The number of carbonyl (C=O) groups is 2. The Morgan fingerprint density at radius 2 is 1.80 bits per heavy atom. The SMILES string of the molecule is CC(C)C[NH+](CCCNC(=O)CN1NC(c2ccc(Cl)cc2)=CCC1=O)CC(C)C. The van der Waals surface area contributed by atoms with E-state index in [-0.39, 0.29) is 24.8 Å². The highest BCUT2D eigenvalue weighted by molar-refractivity contribution is 6.30. The Hall–Kier alpha value is -2.05. The molecule has 2 rings (SSSR count). The number of amides is 2. The number of hydrazine groups is 1. The van der Waals surface area contributed by atoms with Gasteiger partial charge in [0.15, 0.2) is 0 Å². The van der Waals surface area contributed by atoms with Gasteiger partial charge in [0, 0.05) is 36.2 Å². The van der Waals surface area contributed by atoms with E-state index in [1.807, 2.05) is 18.2 Å². The molecule has 0 radical (unpaired) electrons. The maximum Gasteiger partial charge on any atom is 0.245 e. The molecule has 1 aliphatic heterocycles. The molecular weight excluding hydrogens is 400 g/mol. The molecule has 0 aromatic heterocycles. The summed E-state index contributed by atoms with van der Waals surface area (Å²) in [5.74, 6) is 1.05. The molecule has 3 N–H and O–H groups in total. The van der Waals surface area contributed by atoms with Gasteiger partial charge < -0.3 is 10.2 Å². The van der Waals surface area contributed by atoms with Crippen molar-refractivity contribution in [3.63, 3.8) is 0 Å². The molecule has 0 saturated carbocycles. The van der Waals surface area contributed by atoms with E-state index in [2.05, 4.69) is 38.4 Å². The molecule has 1 heterocycles. The van der Waals surface area contributed by atoms with Crippen LogP contribution in [0.2, 0.25) is 5.02 Å². The first-order chi connectivity index (χ1) is 14.2. The zero-order valence-corrected chi connectivity index (χ0v) is 19.4. The summed E-state index contributed by atoms with van der Waals surface area (Å²) in [7, 11) is 0. The number of hydrogen-bond donors (Lipinski definition) is 3. The number of benzene rings is 1. The summed E-state index contributed by atoms with van der Waals surface area (Å²) in [5, 5.41) is 4.99. The standard InChI is InChI=1S/C23H35ClN4O2/c1-17(2)14-27(15-18(3)4)13-5-12-25-22(29)16-28-23(30)11-10-21(26-28)19-6-8-20(24)9-7-19/h6-10,17-18,26H,5,11-16H2,1-4H3,(H,25,29)/p+1. The minimum absolute atomic E-state index is 0.00166. The highest BCUT2D eigenvalue weighted by Crippen LogP contribution is 2.19. The fourth-order valence-corrected chi connectivity index (χ4v) is 3.83. The summed E-state index contributed by atoms with van der Waals surface area (Å²) in [6.07, 6.45) is 3.03. The normalized spacial score (nSPS) is 14.3. The second-order valence-electron chi connectivity index (χ2n) is 8.82. The zero-order chi connectivity index (χ0) is 22.1. The fourth-order valence-electron chi connectivity index (χ4n) is 3.70. The lowest BCUT2D eigenvalue weighted by Gasteiger charge is -2.29. The lowest BCUT2D eigenvalue weighted by Crippen LogP contribution is -3.13. The third-order valence-corrected chi connectivity index (χ3v) is 5.17. The number of halogens is 1. The molecule has 30 heavy (non-hydrogen) atoms. The maximum absolute atomic E-state index is 12.4. The van der Waals surface area contributed by atoms with Gasteiger partial charge in [0.1, 0.15) is 6.54 Å². The summed E-state index contributed by atoms with van der Waals surface area (Å²) in [6, 6.07) is 7.38. The van der Waals surface area contributed by atoms with E-state index in [1.165, 1.54) is 5.01 Å². The van der Waals surface area contributed by atoms with Crippen LogP contribution in [0, 0.1) is 11.8 Å². The average Bonchev–Trinajstić information content (AvgIpc) is 2.66. The van der Waals surface area contributed by atoms with Gasteiger partial charge >= 0.3 is 0 Å². The second-order valence-corrected chi connectivity index (χ2v) is 9.26. The molecule has 0 saturated heterocycles. The minimum Gasteiger partial charge on any atom is -0.354 e. The monoisotopic (exact) mass is 435 g/mol. The van der Waals surface area contributed by atoms with Crippen LogP contribution in [0.15, 0.2) is 30.3 Å². The number of hydrogen-bond acceptors (Lipinski definition) is 3. The number of rotatable bonds is 11. The van der Waals surface area contributed by atoms with E-state index in [0.717, 1.165) is 37.3 Å². The highest BCUT2D eigenvalue weighted by atomic mass is 35.5. The van der Waals surface area contributed by atoms with E-state index in [4.69, 9.17) is 11.6 Å². The Balaban J connectivity index is 1.77. The molecule has 0 atom stereocenters. The number of nitrogens with zero attached hydrogens (tertiary/aromatic N) is 1. The summed E-state index contributed by atoms with van der Waals surface area (Å²) < 4.78 is 0. The Labute approximate surface area is 185 Å². The Kier molecular flexibility index (Phi) is 9.66. The lowest BCUT2D eigenvalue weighted by atomic mass is 10.1. The Morgan fingerprint density at radius 3 is 2.40 bits per heavy atom. The smallest absolute Gasteiger partial charge is 0.245 e. The van der Waals surface area contributed by atoms with Crippen LogP contribution in [-0.2, 0) is 9.59 Å². The van der Waals surface area contributed by atoms with Crippen molar-refractivity contribution in [1.82, 2.24) is 15.8 Å². The summed E-state index contributed by atoms with van der Waals surface area (Å²) in [6.45, 7) is 13.0. The predicted octanol–water partition coefficient (Wildman–Crippen LogP) is 2.12. The summed E-state index contributed by atoms with van der Waals surface area (Å²) >= 11 is 5.94. The van der Waals surface area contributed by atoms with Gasteiger partial charge in [0.2, 0.25) is 11.8 Å². The first-order valence-corrected chi connectivity index (χ1v) is 11.3. The van der Waals surface area contributed by atoms with Crippen LogP contribution < -0.4 is 15.6 Å². The predicted molar refractivity (Wildman–Crippen MR) is 122 cm³/mol. The third kappa shape index (κ3) is 8.36. The summed E-state index contributed by atoms with van der Waals surface area (Å²) in [5.41, 5.74) is 4.79. The number of carbonyl (C=O) groups excluding carboxylic acids is 2. The van der Waals surface area contributed by atoms with E-state index in [0.29, 0.717) is 23.4 Å². The Morgan fingerprint density at radius 1 is 1.17 bits per heavy atom. The van der Waals surface area contributed by atoms with Gasteiger partial charge in [-0.05, 0) is 23.8 Å². The van der Waals surface area contributed by atoms with Crippen LogP contribution in [0.5, 0.6) is 0 Å². The van der Waals surface area contributed by atoms with Crippen molar-refractivity contribution in [3.8, 4) is 0 Å². The van der Waals surface area contributed by atoms with Crippen molar-refractivity contribution in [2.45, 2.75) is 40.5 Å². The number of nitrogens with one attached hydrogen (secondary N) is 3. The van der Waals surface area contributed by atoms with Gasteiger partial charge in [-0.1, -0.05) is 51.4 Å². The number of quaternary nitrogens is 1. The van der Waals surface area contributed by atoms with Crippen molar-refractivity contribution in [2.75, 3.05) is 32.7 Å². The van der Waals surface area contributed by atoms with E-state index >= 15 is 0 Å². The summed E-state index contributed by atoms with van der Waals surface area (Å²) in [4.78, 5) is 26.1. The maximum atomic E-state index is 12.4. The van der Waals surface area contributed by atoms with Gasteiger partial charge in [-0.15, -0.1) is 0 Å². The molecule has 0 unspecified atom stereocenters. The molecule has 7 heteroatoms. The second kappa shape index (κ2) is 12.0. The first kappa shape index (κ1) is 24.2. The van der Waals surface area contributed by atoms with Gasteiger partial charge in [-0.3, -0.25) is 15.0 Å². The molecule has 0 bridgehead atoms. The largest absolute Gasteiger partial charge is 0.354 e. The highest BCUT2D eigenvalue weighted by Gasteiger charge is 2.22. The van der Waals surface area contributed by atoms with Gasteiger partial charge in [-0.2, -0.15) is 0 Å². The van der Waals surface area contributed by atoms with Crippen molar-refractivity contribution in [1.29, 1.82) is 0 Å². The van der Waals surface area contributed by atoms with Crippen molar-refractivity contribution in [3.05, 3.63) is 40.9 Å². The van der Waals surface area contributed by atoms with Crippen LogP contribution in [0.4, 0.5) is 0 Å². The third-order valence-electron chi connectivity index (χ3n) is 4.92. The van der Waals surface area contributed by atoms with E-state index < -0.39 is 0 Å². The minimum atomic E-state index is -0.150. The molecule has 1 aromatic rings. The molecule has 0 aliphatic carbocycles. The van der Waals surface area contributed by atoms with Gasteiger partial charge in [-0.25, -0.2) is 5.01 Å². The topological polar surface area (TPSA) is 65.9 Å².